The molecule has 0 radical (unpaired) electrons. The van der Waals surface area contributed by atoms with Gasteiger partial charge in [-0.25, -0.2) is 0 Å². The molecule has 3 aromatic rings. The molecule has 0 aliphatic carbocycles. The number of carbonyl (C=O) groups excluding carboxylic acids is 2. The molecule has 0 unspecified atom stereocenters. The second-order valence-electron chi connectivity index (χ2n) is 7.13. The van der Waals surface area contributed by atoms with Crippen molar-refractivity contribution in [2.24, 2.45) is 0 Å². The molecule has 1 N–H and O–H groups in total. The van der Waals surface area contributed by atoms with Crippen molar-refractivity contribution in [3.05, 3.63) is 101 Å². The van der Waals surface area contributed by atoms with Gasteiger partial charge in [0.2, 0.25) is 0 Å². The third kappa shape index (κ3) is 5.11. The highest BCUT2D eigenvalue weighted by Crippen LogP contribution is 2.19. The van der Waals surface area contributed by atoms with Gasteiger partial charge in [-0.15, -0.1) is 0 Å². The van der Waals surface area contributed by atoms with Gasteiger partial charge < -0.3 is 10.2 Å². The van der Waals surface area contributed by atoms with Crippen LogP contribution in [-0.2, 0) is 6.54 Å². The Bertz CT molecular complexity index is 992. The molecule has 0 saturated carbocycles. The Morgan fingerprint density at radius 3 is 2.10 bits per heavy atom. The standard InChI is InChI=1S/C25H26N2O2/c1-4-27(23-7-5-6-19(3)16-23)25(29)22-14-12-21(13-15-22)24(28)26-17-20-10-8-18(2)9-11-20/h5-16H,4,17H2,1-3H3,(H,26,28). The third-order valence-corrected chi connectivity index (χ3v) is 4.84. The fraction of sp³-hybridized carbons (Fsp3) is 0.200. The topological polar surface area (TPSA) is 49.4 Å². The van der Waals surface area contributed by atoms with Gasteiger partial charge >= 0.3 is 0 Å². The average molecular weight is 386 g/mol. The molecule has 0 bridgehead atoms. The van der Waals surface area contributed by atoms with Crippen molar-refractivity contribution in [3.8, 4) is 0 Å². The summed E-state index contributed by atoms with van der Waals surface area (Å²) in [6, 6.07) is 22.7. The Morgan fingerprint density at radius 1 is 0.828 bits per heavy atom. The molecule has 29 heavy (non-hydrogen) atoms. The van der Waals surface area contributed by atoms with E-state index in [0.29, 0.717) is 24.2 Å². The predicted octanol–water partition coefficient (Wildman–Crippen LogP) is 4.90. The summed E-state index contributed by atoms with van der Waals surface area (Å²) in [6.07, 6.45) is 0. The number of hydrogen-bond donors (Lipinski definition) is 1. The Balaban J connectivity index is 1.67. The zero-order valence-corrected chi connectivity index (χ0v) is 17.1. The van der Waals surface area contributed by atoms with Crippen LogP contribution in [0.1, 0.15) is 44.3 Å². The molecule has 0 aliphatic heterocycles. The van der Waals surface area contributed by atoms with Crippen LogP contribution < -0.4 is 10.2 Å². The third-order valence-electron chi connectivity index (χ3n) is 4.84. The number of hydrogen-bond acceptors (Lipinski definition) is 2. The molecule has 0 aromatic heterocycles. The smallest absolute Gasteiger partial charge is 0.258 e. The van der Waals surface area contributed by atoms with Crippen molar-refractivity contribution in [1.29, 1.82) is 0 Å². The fourth-order valence-electron chi connectivity index (χ4n) is 3.15. The lowest BCUT2D eigenvalue weighted by atomic mass is 10.1. The summed E-state index contributed by atoms with van der Waals surface area (Å²) in [5.74, 6) is -0.236. The van der Waals surface area contributed by atoms with Crippen molar-refractivity contribution in [2.75, 3.05) is 11.4 Å². The van der Waals surface area contributed by atoms with Crippen molar-refractivity contribution in [2.45, 2.75) is 27.3 Å². The predicted molar refractivity (Wildman–Crippen MR) is 117 cm³/mol. The molecule has 4 heteroatoms. The molecule has 3 rings (SSSR count). The van der Waals surface area contributed by atoms with E-state index in [1.807, 2.05) is 69.3 Å². The summed E-state index contributed by atoms with van der Waals surface area (Å²) in [5.41, 5.74) is 5.31. The van der Waals surface area contributed by atoms with Crippen molar-refractivity contribution >= 4 is 17.5 Å². The van der Waals surface area contributed by atoms with Crippen LogP contribution in [0, 0.1) is 13.8 Å². The average Bonchev–Trinajstić information content (AvgIpc) is 2.74. The number of rotatable bonds is 6. The van der Waals surface area contributed by atoms with E-state index in [-0.39, 0.29) is 11.8 Å². The van der Waals surface area contributed by atoms with Crippen molar-refractivity contribution < 1.29 is 9.59 Å². The van der Waals surface area contributed by atoms with Gasteiger partial charge in [0.05, 0.1) is 0 Å². The summed E-state index contributed by atoms with van der Waals surface area (Å²) in [4.78, 5) is 27.1. The van der Waals surface area contributed by atoms with Crippen LogP contribution >= 0.6 is 0 Å². The molecule has 148 valence electrons. The Morgan fingerprint density at radius 2 is 1.48 bits per heavy atom. The largest absolute Gasteiger partial charge is 0.348 e. The van der Waals surface area contributed by atoms with E-state index in [1.165, 1.54) is 5.56 Å². The lowest BCUT2D eigenvalue weighted by Gasteiger charge is -2.21. The molecule has 0 heterocycles. The Labute approximate surface area is 172 Å². The zero-order chi connectivity index (χ0) is 20.8. The van der Waals surface area contributed by atoms with Gasteiger partial charge in [-0.3, -0.25) is 9.59 Å². The minimum absolute atomic E-state index is 0.0790. The van der Waals surface area contributed by atoms with Crippen molar-refractivity contribution in [1.82, 2.24) is 5.32 Å². The molecular weight excluding hydrogens is 360 g/mol. The van der Waals surface area contributed by atoms with Crippen LogP contribution in [0.25, 0.3) is 0 Å². The first-order chi connectivity index (χ1) is 14.0. The highest BCUT2D eigenvalue weighted by atomic mass is 16.2. The normalized spacial score (nSPS) is 10.4. The fourth-order valence-corrected chi connectivity index (χ4v) is 3.15. The SMILES string of the molecule is CCN(C(=O)c1ccc(C(=O)NCc2ccc(C)cc2)cc1)c1cccc(C)c1. The molecule has 3 aromatic carbocycles. The minimum atomic E-state index is -0.157. The van der Waals surface area contributed by atoms with E-state index in [2.05, 4.69) is 5.32 Å². The summed E-state index contributed by atoms with van der Waals surface area (Å²) in [6.45, 7) is 7.03. The lowest BCUT2D eigenvalue weighted by Crippen LogP contribution is -2.30. The quantitative estimate of drug-likeness (QED) is 0.655. The first kappa shape index (κ1) is 20.3. The summed E-state index contributed by atoms with van der Waals surface area (Å²) < 4.78 is 0. The van der Waals surface area contributed by atoms with Gasteiger partial charge in [0, 0.05) is 29.9 Å². The molecule has 0 saturated heterocycles. The van der Waals surface area contributed by atoms with Crippen LogP contribution in [0.4, 0.5) is 5.69 Å². The molecule has 0 fully saturated rings. The van der Waals surface area contributed by atoms with Gasteiger partial charge in [0.1, 0.15) is 0 Å². The molecule has 4 nitrogen and oxygen atoms in total. The van der Waals surface area contributed by atoms with Gasteiger partial charge in [-0.2, -0.15) is 0 Å². The van der Waals surface area contributed by atoms with Gasteiger partial charge in [0.25, 0.3) is 11.8 Å². The highest BCUT2D eigenvalue weighted by Gasteiger charge is 2.17. The Hall–Kier alpha value is -3.40. The number of anilines is 1. The van der Waals surface area contributed by atoms with E-state index < -0.39 is 0 Å². The van der Waals surface area contributed by atoms with Crippen LogP contribution in [-0.4, -0.2) is 18.4 Å². The van der Waals surface area contributed by atoms with Gasteiger partial charge in [0.15, 0.2) is 0 Å². The van der Waals surface area contributed by atoms with E-state index in [9.17, 15) is 9.59 Å². The zero-order valence-electron chi connectivity index (χ0n) is 17.1. The maximum Gasteiger partial charge on any atom is 0.258 e. The van der Waals surface area contributed by atoms with Crippen LogP contribution in [0.2, 0.25) is 0 Å². The lowest BCUT2D eigenvalue weighted by molar-refractivity contribution is 0.0947. The number of amides is 2. The first-order valence-electron chi connectivity index (χ1n) is 9.80. The second-order valence-corrected chi connectivity index (χ2v) is 7.13. The van der Waals surface area contributed by atoms with Gasteiger partial charge in [-0.05, 0) is 68.3 Å². The van der Waals surface area contributed by atoms with E-state index >= 15 is 0 Å². The van der Waals surface area contributed by atoms with Crippen LogP contribution in [0.15, 0.2) is 72.8 Å². The number of nitrogens with zero attached hydrogens (tertiary/aromatic N) is 1. The molecule has 0 atom stereocenters. The first-order valence-corrected chi connectivity index (χ1v) is 9.80. The van der Waals surface area contributed by atoms with E-state index in [4.69, 9.17) is 0 Å². The molecule has 0 aliphatic rings. The van der Waals surface area contributed by atoms with Gasteiger partial charge in [-0.1, -0.05) is 42.0 Å². The van der Waals surface area contributed by atoms with Crippen molar-refractivity contribution in [3.63, 3.8) is 0 Å². The number of benzene rings is 3. The number of nitrogens with one attached hydrogen (secondary N) is 1. The second kappa shape index (κ2) is 9.20. The number of carbonyl (C=O) groups is 2. The summed E-state index contributed by atoms with van der Waals surface area (Å²) >= 11 is 0. The monoisotopic (exact) mass is 386 g/mol. The molecule has 2 amide bonds. The minimum Gasteiger partial charge on any atom is -0.348 e. The van der Waals surface area contributed by atoms with E-state index in [0.717, 1.165) is 16.8 Å². The number of aryl methyl sites for hydroxylation is 2. The van der Waals surface area contributed by atoms with Crippen LogP contribution in [0.5, 0.6) is 0 Å². The van der Waals surface area contributed by atoms with Crippen LogP contribution in [0.3, 0.4) is 0 Å². The Kier molecular flexibility index (Phi) is 6.45. The summed E-state index contributed by atoms with van der Waals surface area (Å²) in [7, 11) is 0. The van der Waals surface area contributed by atoms with E-state index in [1.54, 1.807) is 29.2 Å². The highest BCUT2D eigenvalue weighted by molar-refractivity contribution is 6.06. The molecular formula is C25H26N2O2. The maximum atomic E-state index is 12.9. The summed E-state index contributed by atoms with van der Waals surface area (Å²) in [5, 5.41) is 2.92. The molecule has 0 spiro atoms. The maximum absolute atomic E-state index is 12.9.